The first-order valence-electron chi connectivity index (χ1n) is 9.51. The first kappa shape index (κ1) is 19.2. The minimum atomic E-state index is 0.647. The second-order valence-electron chi connectivity index (χ2n) is 6.38. The zero-order valence-corrected chi connectivity index (χ0v) is 15.4. The van der Waals surface area contributed by atoms with Crippen molar-refractivity contribution in [1.29, 1.82) is 0 Å². The number of hydrogen-bond donors (Lipinski definition) is 0. The topological polar surface area (TPSA) is 35.0 Å². The number of aromatic nitrogens is 2. The fraction of sp³-hybridized carbons (Fsp3) is 0.455. The maximum atomic E-state index is 5.83. The third kappa shape index (κ3) is 7.08. The normalized spacial score (nSPS) is 10.6. The van der Waals surface area contributed by atoms with E-state index < -0.39 is 0 Å². The average molecular weight is 338 g/mol. The summed E-state index contributed by atoms with van der Waals surface area (Å²) in [5, 5.41) is 0. The van der Waals surface area contributed by atoms with Gasteiger partial charge >= 0.3 is 0 Å². The minimum absolute atomic E-state index is 0.647. The molecule has 2 aromatic rings. The monoisotopic (exact) mass is 338 g/mol. The molecule has 2 rings (SSSR count). The molecular formula is C22H30N2O. The summed E-state index contributed by atoms with van der Waals surface area (Å²) in [6.07, 6.45) is 15.8. The van der Waals surface area contributed by atoms with Crippen LogP contribution in [0, 0.1) is 0 Å². The van der Waals surface area contributed by atoms with Gasteiger partial charge in [-0.25, -0.2) is 9.97 Å². The highest BCUT2D eigenvalue weighted by molar-refractivity contribution is 5.62. The van der Waals surface area contributed by atoms with E-state index in [0.29, 0.717) is 5.82 Å². The zero-order valence-electron chi connectivity index (χ0n) is 15.4. The summed E-state index contributed by atoms with van der Waals surface area (Å²) in [4.78, 5) is 8.47. The van der Waals surface area contributed by atoms with Crippen LogP contribution in [0.15, 0.2) is 43.2 Å². The van der Waals surface area contributed by atoms with Gasteiger partial charge in [-0.2, -0.15) is 0 Å². The van der Waals surface area contributed by atoms with Crippen LogP contribution in [-0.2, 0) is 0 Å². The van der Waals surface area contributed by atoms with Crippen molar-refractivity contribution in [3.8, 4) is 16.9 Å². The lowest BCUT2D eigenvalue weighted by molar-refractivity contribution is 0.304. The Morgan fingerprint density at radius 2 is 1.44 bits per heavy atom. The van der Waals surface area contributed by atoms with Gasteiger partial charge < -0.3 is 4.74 Å². The highest BCUT2D eigenvalue weighted by Crippen LogP contribution is 2.21. The Morgan fingerprint density at radius 3 is 2.04 bits per heavy atom. The maximum Gasteiger partial charge on any atom is 0.151 e. The van der Waals surface area contributed by atoms with Crippen LogP contribution in [0.25, 0.3) is 17.2 Å². The summed E-state index contributed by atoms with van der Waals surface area (Å²) in [7, 11) is 0. The highest BCUT2D eigenvalue weighted by Gasteiger charge is 2.00. The Hall–Kier alpha value is -2.16. The molecule has 3 heteroatoms. The van der Waals surface area contributed by atoms with E-state index in [9.17, 15) is 0 Å². The molecule has 134 valence electrons. The number of benzene rings is 1. The molecular weight excluding hydrogens is 308 g/mol. The van der Waals surface area contributed by atoms with E-state index in [4.69, 9.17) is 4.74 Å². The Labute approximate surface area is 152 Å². The second-order valence-corrected chi connectivity index (χ2v) is 6.38. The van der Waals surface area contributed by atoms with Crippen molar-refractivity contribution in [2.45, 2.75) is 58.3 Å². The van der Waals surface area contributed by atoms with Crippen LogP contribution < -0.4 is 4.74 Å². The Balaban J connectivity index is 1.65. The summed E-state index contributed by atoms with van der Waals surface area (Å²) >= 11 is 0. The number of hydrogen-bond acceptors (Lipinski definition) is 3. The smallest absolute Gasteiger partial charge is 0.151 e. The van der Waals surface area contributed by atoms with E-state index >= 15 is 0 Å². The van der Waals surface area contributed by atoms with Gasteiger partial charge in [0.25, 0.3) is 0 Å². The van der Waals surface area contributed by atoms with Gasteiger partial charge in [-0.05, 0) is 30.2 Å². The first-order valence-corrected chi connectivity index (χ1v) is 9.51. The summed E-state index contributed by atoms with van der Waals surface area (Å²) in [5.41, 5.74) is 2.09. The number of nitrogens with zero attached hydrogens (tertiary/aromatic N) is 2. The van der Waals surface area contributed by atoms with Crippen LogP contribution in [-0.4, -0.2) is 16.6 Å². The number of ether oxygens (including phenoxy) is 1. The van der Waals surface area contributed by atoms with Crippen LogP contribution >= 0.6 is 0 Å². The van der Waals surface area contributed by atoms with Crippen molar-refractivity contribution in [3.05, 3.63) is 49.1 Å². The van der Waals surface area contributed by atoms with E-state index in [0.717, 1.165) is 29.9 Å². The summed E-state index contributed by atoms with van der Waals surface area (Å²) in [5.74, 6) is 1.57. The molecule has 0 spiro atoms. The minimum Gasteiger partial charge on any atom is -0.494 e. The number of rotatable bonds is 12. The van der Waals surface area contributed by atoms with E-state index in [-0.39, 0.29) is 0 Å². The van der Waals surface area contributed by atoms with E-state index in [1.165, 1.54) is 44.9 Å². The van der Waals surface area contributed by atoms with Gasteiger partial charge in [-0.15, -0.1) is 0 Å². The van der Waals surface area contributed by atoms with Gasteiger partial charge in [-0.3, -0.25) is 0 Å². The molecule has 0 fully saturated rings. The zero-order chi connectivity index (χ0) is 17.7. The van der Waals surface area contributed by atoms with Gasteiger partial charge in [-0.1, -0.05) is 70.6 Å². The predicted molar refractivity (Wildman–Crippen MR) is 106 cm³/mol. The Kier molecular flexibility index (Phi) is 8.74. The molecule has 0 aliphatic heterocycles. The van der Waals surface area contributed by atoms with E-state index in [2.05, 4.69) is 35.6 Å². The Bertz CT molecular complexity index is 605. The van der Waals surface area contributed by atoms with Crippen LogP contribution in [0.5, 0.6) is 5.75 Å². The molecule has 1 aromatic carbocycles. The molecule has 0 atom stereocenters. The molecule has 3 nitrogen and oxygen atoms in total. The highest BCUT2D eigenvalue weighted by atomic mass is 16.5. The molecule has 0 aliphatic rings. The molecule has 0 saturated heterocycles. The molecule has 0 unspecified atom stereocenters. The molecule has 0 saturated carbocycles. The van der Waals surface area contributed by atoms with Gasteiger partial charge in [0.2, 0.25) is 0 Å². The largest absolute Gasteiger partial charge is 0.494 e. The second kappa shape index (κ2) is 11.4. The molecule has 25 heavy (non-hydrogen) atoms. The van der Waals surface area contributed by atoms with Gasteiger partial charge in [0.1, 0.15) is 5.75 Å². The molecule has 0 amide bonds. The van der Waals surface area contributed by atoms with Gasteiger partial charge in [0, 0.05) is 18.0 Å². The summed E-state index contributed by atoms with van der Waals surface area (Å²) in [6, 6.07) is 8.13. The number of unbranched alkanes of at least 4 members (excludes halogenated alkanes) is 7. The third-order valence-corrected chi connectivity index (χ3v) is 4.31. The summed E-state index contributed by atoms with van der Waals surface area (Å²) in [6.45, 7) is 6.72. The van der Waals surface area contributed by atoms with Crippen molar-refractivity contribution in [2.75, 3.05) is 6.61 Å². The molecule has 0 radical (unpaired) electrons. The van der Waals surface area contributed by atoms with Gasteiger partial charge in [0.15, 0.2) is 5.82 Å². The van der Waals surface area contributed by atoms with Crippen LogP contribution in [0.2, 0.25) is 0 Å². The van der Waals surface area contributed by atoms with Gasteiger partial charge in [0.05, 0.1) is 6.61 Å². The fourth-order valence-electron chi connectivity index (χ4n) is 2.76. The van der Waals surface area contributed by atoms with Crippen molar-refractivity contribution < 1.29 is 4.74 Å². The van der Waals surface area contributed by atoms with Crippen LogP contribution in [0.4, 0.5) is 0 Å². The first-order chi connectivity index (χ1) is 12.3. The molecule has 0 N–H and O–H groups in total. The van der Waals surface area contributed by atoms with Crippen LogP contribution in [0.3, 0.4) is 0 Å². The van der Waals surface area contributed by atoms with Crippen molar-refractivity contribution >= 4 is 6.08 Å². The van der Waals surface area contributed by atoms with Crippen molar-refractivity contribution in [1.82, 2.24) is 9.97 Å². The van der Waals surface area contributed by atoms with E-state index in [1.807, 2.05) is 24.5 Å². The lowest BCUT2D eigenvalue weighted by Crippen LogP contribution is -1.97. The van der Waals surface area contributed by atoms with E-state index in [1.54, 1.807) is 6.08 Å². The third-order valence-electron chi connectivity index (χ3n) is 4.31. The lowest BCUT2D eigenvalue weighted by Gasteiger charge is -2.07. The fourth-order valence-corrected chi connectivity index (χ4v) is 2.76. The van der Waals surface area contributed by atoms with Crippen molar-refractivity contribution in [2.24, 2.45) is 0 Å². The average Bonchev–Trinajstić information content (AvgIpc) is 2.67. The molecule has 1 heterocycles. The molecule has 0 bridgehead atoms. The molecule has 1 aromatic heterocycles. The lowest BCUT2D eigenvalue weighted by atomic mass is 10.1. The standard InChI is InChI=1S/C22H30N2O/c1-3-5-6-7-8-9-10-11-16-25-21-14-12-19(13-15-21)20-17-23-22(4-2)24-18-20/h4,12-15,17-18H,2-3,5-11,16H2,1H3. The van der Waals surface area contributed by atoms with Crippen molar-refractivity contribution in [3.63, 3.8) is 0 Å². The Morgan fingerprint density at radius 1 is 0.840 bits per heavy atom. The predicted octanol–water partition coefficient (Wildman–Crippen LogP) is 6.31. The quantitative estimate of drug-likeness (QED) is 0.426. The maximum absolute atomic E-state index is 5.83. The summed E-state index contributed by atoms with van der Waals surface area (Å²) < 4.78 is 5.83. The molecule has 0 aliphatic carbocycles. The SMILES string of the molecule is C=Cc1ncc(-c2ccc(OCCCCCCCCCC)cc2)cn1. The van der Waals surface area contributed by atoms with Crippen LogP contribution in [0.1, 0.15) is 64.1 Å².